The Morgan fingerprint density at radius 2 is 0.521 bits per heavy atom. The fourth-order valence-electron chi connectivity index (χ4n) is 13.2. The molecule has 5 nitrogen and oxygen atoms in total. The van der Waals surface area contributed by atoms with Crippen LogP contribution in [0.2, 0.25) is 0 Å². The van der Waals surface area contributed by atoms with Crippen LogP contribution in [0.25, 0.3) is 90.1 Å². The van der Waals surface area contributed by atoms with E-state index in [1.807, 2.05) is 72.8 Å². The summed E-state index contributed by atoms with van der Waals surface area (Å²) < 4.78 is 0.999. The van der Waals surface area contributed by atoms with E-state index < -0.39 is 0 Å². The minimum absolute atomic E-state index is 0. The molecule has 0 saturated heterocycles. The Labute approximate surface area is 574 Å². The number of para-hydroxylation sites is 2. The van der Waals surface area contributed by atoms with Gasteiger partial charge in [0.2, 0.25) is 0 Å². The molecule has 0 saturated carbocycles. The maximum absolute atomic E-state index is 5.17. The van der Waals surface area contributed by atoms with Crippen molar-refractivity contribution in [3.05, 3.63) is 365 Å². The summed E-state index contributed by atoms with van der Waals surface area (Å²) in [5.74, 6) is 0. The van der Waals surface area contributed by atoms with E-state index in [2.05, 4.69) is 303 Å². The second kappa shape index (κ2) is 29.1. The van der Waals surface area contributed by atoms with Gasteiger partial charge < -0.3 is 4.90 Å². The lowest BCUT2D eigenvalue weighted by Crippen LogP contribution is -2.30. The molecular formula is C89H77BrFN5. The topological polar surface area (TPSA) is 54.8 Å². The number of pyridine rings is 4. The van der Waals surface area contributed by atoms with Gasteiger partial charge in [0, 0.05) is 65.5 Å². The summed E-state index contributed by atoms with van der Waals surface area (Å²) >= 11 is 3.68. The fourth-order valence-corrected chi connectivity index (χ4v) is 13.7. The lowest BCUT2D eigenvalue weighted by molar-refractivity contribution is 0.610. The third-order valence-electron chi connectivity index (χ3n) is 17.9. The highest BCUT2D eigenvalue weighted by molar-refractivity contribution is 9.10. The van der Waals surface area contributed by atoms with E-state index in [0.717, 1.165) is 107 Å². The van der Waals surface area contributed by atoms with Gasteiger partial charge in [-0.15, -0.1) is 0 Å². The number of hydrogen-bond donors (Lipinski definition) is 0. The van der Waals surface area contributed by atoms with Crippen LogP contribution in [0.4, 0.5) is 21.8 Å². The highest BCUT2D eigenvalue weighted by atomic mass is 79.9. The van der Waals surface area contributed by atoms with E-state index in [1.54, 1.807) is 0 Å². The van der Waals surface area contributed by atoms with Crippen molar-refractivity contribution in [3.63, 3.8) is 0 Å². The van der Waals surface area contributed by atoms with Crippen LogP contribution in [0.3, 0.4) is 0 Å². The summed E-state index contributed by atoms with van der Waals surface area (Å²) in [6, 6.07) is 114. The first kappa shape index (κ1) is 66.5. The second-order valence-corrected chi connectivity index (χ2v) is 25.6. The Hall–Kier alpha value is -11.0. The first-order valence-electron chi connectivity index (χ1n) is 31.7. The smallest absolute Gasteiger partial charge is 0.0710 e. The SMILES string of the molecule is Brc1cc(-c2cccc(-c3ccccc3)n2)cc(-c2cccc(-c3ccccc3)n2)c1.C.C.CC1(C)c2ccccc2Cc2ccccc21.CC1(C)c2ccccc2N(c2cc(-c3cccc(-c4ccccc4)n3)cc(-c3cccc(-c4ccccc4)n3)c2)c2ccccc21.F. The summed E-state index contributed by atoms with van der Waals surface area (Å²) in [6.07, 6.45) is 1.08. The normalized spacial score (nSPS) is 12.5. The average molecular weight is 1320 g/mol. The fraction of sp³-hybridized carbons (Fsp3) is 0.101. The Morgan fingerprint density at radius 1 is 0.271 bits per heavy atom. The lowest BCUT2D eigenvalue weighted by Gasteiger charge is -2.42. The Morgan fingerprint density at radius 3 is 0.844 bits per heavy atom. The Bertz CT molecular complexity index is 4680. The van der Waals surface area contributed by atoms with Crippen LogP contribution >= 0.6 is 15.9 Å². The van der Waals surface area contributed by atoms with Crippen LogP contribution in [0, 0.1) is 0 Å². The van der Waals surface area contributed by atoms with Gasteiger partial charge in [0.15, 0.2) is 0 Å². The molecule has 0 unspecified atom stereocenters. The van der Waals surface area contributed by atoms with Crippen molar-refractivity contribution >= 4 is 33.0 Å². The van der Waals surface area contributed by atoms with Gasteiger partial charge in [0.25, 0.3) is 0 Å². The first-order valence-corrected chi connectivity index (χ1v) is 32.5. The maximum Gasteiger partial charge on any atom is 0.0710 e. The predicted octanol–water partition coefficient (Wildman–Crippen LogP) is 24.5. The molecule has 0 N–H and O–H groups in total. The maximum atomic E-state index is 5.17. The Kier molecular flexibility index (Phi) is 20.2. The largest absolute Gasteiger partial charge is 0.310 e. The van der Waals surface area contributed by atoms with E-state index >= 15 is 0 Å². The van der Waals surface area contributed by atoms with Crippen molar-refractivity contribution < 1.29 is 4.70 Å². The molecule has 2 aliphatic rings. The first-order chi connectivity index (χ1) is 45.5. The van der Waals surface area contributed by atoms with Crippen LogP contribution in [-0.2, 0) is 17.3 Å². The van der Waals surface area contributed by atoms with Gasteiger partial charge in [-0.1, -0.05) is 289 Å². The molecule has 0 fully saturated rings. The lowest BCUT2D eigenvalue weighted by atomic mass is 9.69. The molecule has 16 rings (SSSR count). The average Bonchev–Trinajstić information content (AvgIpc) is 0.728. The van der Waals surface area contributed by atoms with Gasteiger partial charge in [-0.3, -0.25) is 4.70 Å². The van der Waals surface area contributed by atoms with Crippen LogP contribution in [-0.4, -0.2) is 19.9 Å². The molecule has 4 aromatic heterocycles. The van der Waals surface area contributed by atoms with Gasteiger partial charge in [-0.05, 0) is 137 Å². The van der Waals surface area contributed by atoms with Gasteiger partial charge in [-0.25, -0.2) is 19.9 Å². The Balaban J connectivity index is 0.000000161. The van der Waals surface area contributed by atoms with Crippen molar-refractivity contribution in [1.82, 2.24) is 19.9 Å². The highest BCUT2D eigenvalue weighted by Gasteiger charge is 2.37. The number of halogens is 2. The van der Waals surface area contributed by atoms with Crippen molar-refractivity contribution in [2.75, 3.05) is 4.90 Å². The molecule has 0 amide bonds. The van der Waals surface area contributed by atoms with Crippen LogP contribution in [0.5, 0.6) is 0 Å². The zero-order chi connectivity index (χ0) is 63.3. The molecule has 96 heavy (non-hydrogen) atoms. The number of fused-ring (bicyclic) bond motifs is 4. The molecule has 1 aliphatic carbocycles. The molecule has 0 radical (unpaired) electrons. The summed E-state index contributed by atoms with van der Waals surface area (Å²) in [5.41, 5.74) is 28.1. The molecule has 0 bridgehead atoms. The summed E-state index contributed by atoms with van der Waals surface area (Å²) in [4.78, 5) is 22.6. The third-order valence-corrected chi connectivity index (χ3v) is 18.4. The van der Waals surface area contributed by atoms with Gasteiger partial charge in [-0.2, -0.15) is 0 Å². The van der Waals surface area contributed by atoms with Crippen molar-refractivity contribution in [3.8, 4) is 90.1 Å². The van der Waals surface area contributed by atoms with Crippen LogP contribution in [0.1, 0.15) is 75.9 Å². The number of benzene rings is 10. The standard InChI is InChI=1S/C43H33N3.C28H19BrN2.C16H16.2CH4.FH/c1-43(2)35-19-9-11-25-41(35)46(42-26-12-10-20-36(42)43)34-28-32(39-23-13-21-37(44-39)30-15-5-3-6-16-30)27-33(29-34)40-24-14-22-38(45-40)31-17-7-4-8-18-31;29-24-18-22(27-15-7-13-25(30-27)20-9-3-1-4-10-20)17-23(19-24)28-16-8-14-26(31-28)21-11-5-2-6-12-21;1-16(2)14-9-5-3-7-12(14)11-13-8-4-6-10-15(13)16;;;/h3-29H,1-2H3;1-19H;3-10H,11H2,1-2H3;2*1H4;1H. The van der Waals surface area contributed by atoms with E-state index in [9.17, 15) is 0 Å². The van der Waals surface area contributed by atoms with Gasteiger partial charge in [0.1, 0.15) is 0 Å². The molecule has 5 heterocycles. The molecular weight excluding hydrogens is 1240 g/mol. The second-order valence-electron chi connectivity index (χ2n) is 24.7. The molecule has 7 heteroatoms. The third kappa shape index (κ3) is 13.8. The number of hydrogen-bond acceptors (Lipinski definition) is 5. The number of aromatic nitrogens is 4. The zero-order valence-electron chi connectivity index (χ0n) is 52.9. The summed E-state index contributed by atoms with van der Waals surface area (Å²) in [7, 11) is 0. The number of nitrogens with zero attached hydrogens (tertiary/aromatic N) is 5. The highest BCUT2D eigenvalue weighted by Crippen LogP contribution is 2.53. The molecule has 0 atom stereocenters. The van der Waals surface area contributed by atoms with Crippen molar-refractivity contribution in [2.24, 2.45) is 0 Å². The zero-order valence-corrected chi connectivity index (χ0v) is 54.5. The minimum Gasteiger partial charge on any atom is -0.310 e. The molecule has 0 spiro atoms. The van der Waals surface area contributed by atoms with Crippen LogP contribution < -0.4 is 4.90 Å². The quantitative estimate of drug-likeness (QED) is 0.144. The molecule has 1 aliphatic heterocycles. The van der Waals surface area contributed by atoms with Crippen molar-refractivity contribution in [2.45, 2.75) is 59.8 Å². The van der Waals surface area contributed by atoms with E-state index in [0.29, 0.717) is 0 Å². The number of anilines is 3. The molecule has 472 valence electrons. The molecule has 10 aromatic carbocycles. The minimum atomic E-state index is -0.138. The predicted molar refractivity (Wildman–Crippen MR) is 406 cm³/mol. The molecule has 14 aromatic rings. The van der Waals surface area contributed by atoms with Crippen molar-refractivity contribution in [1.29, 1.82) is 0 Å². The summed E-state index contributed by atoms with van der Waals surface area (Å²) in [5, 5.41) is 0. The number of rotatable bonds is 9. The van der Waals surface area contributed by atoms with E-state index in [4.69, 9.17) is 19.9 Å². The van der Waals surface area contributed by atoms with Gasteiger partial charge in [0.05, 0.1) is 56.9 Å². The van der Waals surface area contributed by atoms with Crippen LogP contribution in [0.15, 0.2) is 332 Å². The monoisotopic (exact) mass is 1310 g/mol. The van der Waals surface area contributed by atoms with E-state index in [-0.39, 0.29) is 30.4 Å². The van der Waals surface area contributed by atoms with E-state index in [1.165, 1.54) is 44.8 Å². The summed E-state index contributed by atoms with van der Waals surface area (Å²) in [6.45, 7) is 9.29. The van der Waals surface area contributed by atoms with Gasteiger partial charge >= 0.3 is 0 Å².